The van der Waals surface area contributed by atoms with E-state index in [4.69, 9.17) is 12.8 Å². The molecule has 0 saturated carbocycles. The minimum atomic E-state index is -4.53. The summed E-state index contributed by atoms with van der Waals surface area (Å²) in [5.74, 6) is -0.359. The van der Waals surface area contributed by atoms with Crippen molar-refractivity contribution in [3.05, 3.63) is 89.1 Å². The van der Waals surface area contributed by atoms with E-state index in [9.17, 15) is 18.0 Å². The highest BCUT2D eigenvalue weighted by molar-refractivity contribution is 6.33. The fraction of sp³-hybridized carbons (Fsp3) is 0.400. The van der Waals surface area contributed by atoms with Crippen molar-refractivity contribution < 1.29 is 18.0 Å². The molecule has 45 heavy (non-hydrogen) atoms. The summed E-state index contributed by atoms with van der Waals surface area (Å²) >= 11 is 0. The van der Waals surface area contributed by atoms with Crippen LogP contribution in [0.1, 0.15) is 72.1 Å². The largest absolute Gasteiger partial charge is 0.416 e. The van der Waals surface area contributed by atoms with Gasteiger partial charge in [0.05, 0.1) is 28.4 Å². The number of likely N-dealkylation sites (tertiary alicyclic amines) is 2. The molecular formula is C35H37BF3N5O. The van der Waals surface area contributed by atoms with Crippen molar-refractivity contribution in [3.63, 3.8) is 0 Å². The van der Waals surface area contributed by atoms with E-state index in [2.05, 4.69) is 20.1 Å². The summed E-state index contributed by atoms with van der Waals surface area (Å²) in [6.07, 6.45) is 2.72. The Bertz CT molecular complexity index is 1650. The number of hydrogen-bond donors (Lipinski definition) is 1. The quantitative estimate of drug-likeness (QED) is 0.258. The molecule has 1 atom stereocenters. The lowest BCUT2D eigenvalue weighted by molar-refractivity contribution is -0.137. The van der Waals surface area contributed by atoms with Crippen LogP contribution in [-0.2, 0) is 12.7 Å². The van der Waals surface area contributed by atoms with Gasteiger partial charge in [-0.25, -0.2) is 4.98 Å². The molecule has 2 aliphatic heterocycles. The lowest BCUT2D eigenvalue weighted by Crippen LogP contribution is -2.46. The first-order chi connectivity index (χ1) is 21.7. The number of fused-ring (bicyclic) bond motifs is 1. The molecule has 0 bridgehead atoms. The molecule has 232 valence electrons. The number of halogens is 3. The number of amides is 1. The number of alkyl halides is 3. The molecule has 6 nitrogen and oxygen atoms in total. The molecule has 4 aromatic rings. The van der Waals surface area contributed by atoms with Crippen molar-refractivity contribution in [2.75, 3.05) is 26.2 Å². The Morgan fingerprint density at radius 1 is 1.00 bits per heavy atom. The van der Waals surface area contributed by atoms with Gasteiger partial charge in [0.15, 0.2) is 0 Å². The molecule has 1 N–H and O–H groups in total. The maximum absolute atomic E-state index is 14.2. The Hall–Kier alpha value is -3.76. The van der Waals surface area contributed by atoms with Gasteiger partial charge in [-0.1, -0.05) is 54.3 Å². The van der Waals surface area contributed by atoms with Crippen molar-refractivity contribution in [2.24, 2.45) is 0 Å². The zero-order valence-corrected chi connectivity index (χ0v) is 25.5. The Kier molecular flexibility index (Phi) is 9.24. The van der Waals surface area contributed by atoms with Crippen molar-refractivity contribution >= 4 is 30.2 Å². The minimum Gasteiger partial charge on any atom is -0.345 e. The van der Waals surface area contributed by atoms with Crippen molar-refractivity contribution in [2.45, 2.75) is 63.8 Å². The SMILES string of the molecule is [B]c1cnc2c(C(=O)N[C@@H](C)c3ccccc3)c(CN3CCC(N4CCCCC4)CC3)c(-c3cccc(C(F)(F)F)c3)nc2c1. The van der Waals surface area contributed by atoms with Gasteiger partial charge in [-0.2, -0.15) is 13.2 Å². The van der Waals surface area contributed by atoms with Crippen LogP contribution in [0.15, 0.2) is 66.9 Å². The molecule has 0 aliphatic carbocycles. The number of nitrogens with one attached hydrogen (secondary N) is 1. The van der Waals surface area contributed by atoms with Crippen molar-refractivity contribution in [1.82, 2.24) is 25.1 Å². The Balaban J connectivity index is 1.43. The van der Waals surface area contributed by atoms with E-state index in [-0.39, 0.29) is 17.5 Å². The standard InChI is InChI=1S/C35H37BF3N5O/c1-23(24-9-4-2-5-10-24)41-34(45)31-29(22-43-17-13-28(14-18-43)44-15-6-3-7-16-44)32(42-30-20-27(36)21-40-33(30)31)25-11-8-12-26(19-25)35(37,38)39/h2,4-5,8-12,19-21,23,28H,3,6-7,13-18,22H2,1H3,(H,41,45)/t23-/m0/s1. The summed E-state index contributed by atoms with van der Waals surface area (Å²) in [5, 5.41) is 3.12. The molecule has 2 fully saturated rings. The Labute approximate surface area is 263 Å². The number of hydrogen-bond acceptors (Lipinski definition) is 5. The number of aromatic nitrogens is 2. The zero-order chi connectivity index (χ0) is 31.6. The van der Waals surface area contributed by atoms with Crippen LogP contribution in [0.3, 0.4) is 0 Å². The van der Waals surface area contributed by atoms with E-state index < -0.39 is 11.7 Å². The molecule has 0 spiro atoms. The van der Waals surface area contributed by atoms with Gasteiger partial charge in [0.1, 0.15) is 13.4 Å². The smallest absolute Gasteiger partial charge is 0.345 e. The molecular weight excluding hydrogens is 574 g/mol. The summed E-state index contributed by atoms with van der Waals surface area (Å²) in [6.45, 7) is 6.17. The molecule has 2 aliphatic rings. The second kappa shape index (κ2) is 13.3. The van der Waals surface area contributed by atoms with E-state index in [0.29, 0.717) is 45.9 Å². The minimum absolute atomic E-state index is 0.289. The number of benzene rings is 2. The number of carbonyl (C=O) groups is 1. The molecule has 6 rings (SSSR count). The van der Waals surface area contributed by atoms with Crippen molar-refractivity contribution in [1.29, 1.82) is 0 Å². The van der Waals surface area contributed by atoms with Gasteiger partial charge in [-0.3, -0.25) is 14.7 Å². The van der Waals surface area contributed by atoms with Gasteiger partial charge >= 0.3 is 6.18 Å². The highest BCUT2D eigenvalue weighted by atomic mass is 19.4. The second-order valence-electron chi connectivity index (χ2n) is 12.2. The van der Waals surface area contributed by atoms with Gasteiger partial charge in [0, 0.05) is 29.9 Å². The van der Waals surface area contributed by atoms with Crippen LogP contribution >= 0.6 is 0 Å². The predicted octanol–water partition coefficient (Wildman–Crippen LogP) is 6.05. The van der Waals surface area contributed by atoms with Crippen LogP contribution in [0.2, 0.25) is 0 Å². The first-order valence-corrected chi connectivity index (χ1v) is 15.8. The monoisotopic (exact) mass is 611 g/mol. The third kappa shape index (κ3) is 7.07. The average Bonchev–Trinajstić information content (AvgIpc) is 3.05. The average molecular weight is 612 g/mol. The maximum atomic E-state index is 14.2. The molecule has 0 unspecified atom stereocenters. The number of piperidine rings is 2. The van der Waals surface area contributed by atoms with E-state index in [1.807, 2.05) is 37.3 Å². The number of pyridine rings is 2. The summed E-state index contributed by atoms with van der Waals surface area (Å²) in [4.78, 5) is 28.5. The first-order valence-electron chi connectivity index (χ1n) is 15.8. The normalized spacial score (nSPS) is 17.8. The van der Waals surface area contributed by atoms with Crippen LogP contribution in [0.25, 0.3) is 22.3 Å². The summed E-state index contributed by atoms with van der Waals surface area (Å²) < 4.78 is 41.5. The fourth-order valence-electron chi connectivity index (χ4n) is 6.72. The van der Waals surface area contributed by atoms with Crippen LogP contribution in [-0.4, -0.2) is 65.7 Å². The number of nitrogens with zero attached hydrogens (tertiary/aromatic N) is 4. The third-order valence-corrected chi connectivity index (χ3v) is 9.13. The van der Waals surface area contributed by atoms with Crippen LogP contribution < -0.4 is 10.8 Å². The molecule has 10 heteroatoms. The molecule has 2 aromatic carbocycles. The van der Waals surface area contributed by atoms with Gasteiger partial charge in [-0.05, 0) is 82.5 Å². The van der Waals surface area contributed by atoms with E-state index in [1.165, 1.54) is 31.5 Å². The lowest BCUT2D eigenvalue weighted by Gasteiger charge is -2.40. The number of carbonyl (C=O) groups excluding carboxylic acids is 1. The summed E-state index contributed by atoms with van der Waals surface area (Å²) in [5.41, 5.74) is 2.73. The zero-order valence-electron chi connectivity index (χ0n) is 25.5. The van der Waals surface area contributed by atoms with E-state index >= 15 is 0 Å². The lowest BCUT2D eigenvalue weighted by atomic mass is 9.93. The molecule has 2 saturated heterocycles. The van der Waals surface area contributed by atoms with Gasteiger partial charge in [0.2, 0.25) is 0 Å². The molecule has 4 heterocycles. The number of rotatable bonds is 7. The third-order valence-electron chi connectivity index (χ3n) is 9.13. The van der Waals surface area contributed by atoms with Crippen LogP contribution in [0.5, 0.6) is 0 Å². The highest BCUT2D eigenvalue weighted by Gasteiger charge is 2.32. The van der Waals surface area contributed by atoms with Gasteiger partial charge < -0.3 is 10.2 Å². The predicted molar refractivity (Wildman–Crippen MR) is 171 cm³/mol. The highest BCUT2D eigenvalue weighted by Crippen LogP contribution is 2.36. The molecule has 1 amide bonds. The fourth-order valence-corrected chi connectivity index (χ4v) is 6.72. The Morgan fingerprint density at radius 2 is 1.73 bits per heavy atom. The van der Waals surface area contributed by atoms with Crippen molar-refractivity contribution in [3.8, 4) is 11.3 Å². The summed E-state index contributed by atoms with van der Waals surface area (Å²) in [6, 6.07) is 16.6. The van der Waals surface area contributed by atoms with Crippen LogP contribution in [0, 0.1) is 0 Å². The first kappa shape index (κ1) is 31.2. The molecule has 2 aromatic heterocycles. The Morgan fingerprint density at radius 3 is 2.44 bits per heavy atom. The van der Waals surface area contributed by atoms with E-state index in [0.717, 1.165) is 56.7 Å². The van der Waals surface area contributed by atoms with E-state index in [1.54, 1.807) is 12.1 Å². The summed E-state index contributed by atoms with van der Waals surface area (Å²) in [7, 11) is 6.07. The second-order valence-corrected chi connectivity index (χ2v) is 12.2. The molecule has 2 radical (unpaired) electrons. The van der Waals surface area contributed by atoms with Gasteiger partial charge in [0.25, 0.3) is 5.91 Å². The maximum Gasteiger partial charge on any atom is 0.416 e. The van der Waals surface area contributed by atoms with Crippen LogP contribution in [0.4, 0.5) is 13.2 Å². The topological polar surface area (TPSA) is 61.4 Å². The van der Waals surface area contributed by atoms with Gasteiger partial charge in [-0.15, -0.1) is 0 Å².